The van der Waals surface area contributed by atoms with Gasteiger partial charge in [-0.15, -0.1) is 6.58 Å². The summed E-state index contributed by atoms with van der Waals surface area (Å²) >= 11 is 0. The van der Waals surface area contributed by atoms with Crippen molar-refractivity contribution in [2.24, 2.45) is 0 Å². The van der Waals surface area contributed by atoms with Crippen LogP contribution >= 0.6 is 0 Å². The average molecular weight is 225 g/mol. The van der Waals surface area contributed by atoms with Gasteiger partial charge in [-0.05, 0) is 12.1 Å². The second-order valence-corrected chi connectivity index (χ2v) is 3.75. The van der Waals surface area contributed by atoms with Gasteiger partial charge in [-0.3, -0.25) is 0 Å². The maximum Gasteiger partial charge on any atom is 0.115 e. The Morgan fingerprint density at radius 3 is 2.47 bits per heavy atom. The molecule has 1 aromatic carbocycles. The summed E-state index contributed by atoms with van der Waals surface area (Å²) in [5.74, 6) is 0. The van der Waals surface area contributed by atoms with Crippen LogP contribution in [0, 0.1) is 0 Å². The van der Waals surface area contributed by atoms with Crippen LogP contribution in [0.4, 0.5) is 5.69 Å². The minimum Gasteiger partial charge on any atom is -0.363 e. The maximum atomic E-state index is 4.03. The lowest BCUT2D eigenvalue weighted by Gasteiger charge is -2.23. The summed E-state index contributed by atoms with van der Waals surface area (Å²) in [6, 6.07) is 10.3. The molecule has 0 radical (unpaired) electrons. The lowest BCUT2D eigenvalue weighted by atomic mass is 10.2. The number of hydrogen-bond acceptors (Lipinski definition) is 3. The Morgan fingerprint density at radius 2 is 1.82 bits per heavy atom. The number of para-hydroxylation sites is 1. The summed E-state index contributed by atoms with van der Waals surface area (Å²) in [7, 11) is 0. The molecule has 86 valence electrons. The highest BCUT2D eigenvalue weighted by Gasteiger charge is 2.05. The van der Waals surface area contributed by atoms with Gasteiger partial charge in [-0.1, -0.05) is 24.3 Å². The minimum atomic E-state index is 0.789. The standard InChI is InChI=1S/C14H15N3/c1-2-8-17(14-6-4-3-5-7-14)11-13-9-15-12-16-10-13/h2-7,9-10,12H,1,8,11H2. The number of benzene rings is 1. The molecule has 17 heavy (non-hydrogen) atoms. The van der Waals surface area contributed by atoms with Crippen LogP contribution in [0.25, 0.3) is 0 Å². The van der Waals surface area contributed by atoms with Gasteiger partial charge in [0.05, 0.1) is 0 Å². The average Bonchev–Trinajstić information content (AvgIpc) is 2.40. The first kappa shape index (κ1) is 11.3. The zero-order valence-corrected chi connectivity index (χ0v) is 9.66. The van der Waals surface area contributed by atoms with Crippen LogP contribution in [0.15, 0.2) is 61.7 Å². The minimum absolute atomic E-state index is 0.789. The van der Waals surface area contributed by atoms with Gasteiger partial charge in [0.1, 0.15) is 6.33 Å². The van der Waals surface area contributed by atoms with E-state index in [0.717, 1.165) is 18.7 Å². The number of anilines is 1. The van der Waals surface area contributed by atoms with Crippen LogP contribution in [0.2, 0.25) is 0 Å². The Morgan fingerprint density at radius 1 is 1.12 bits per heavy atom. The van der Waals surface area contributed by atoms with E-state index in [-0.39, 0.29) is 0 Å². The molecule has 0 aliphatic rings. The van der Waals surface area contributed by atoms with Gasteiger partial charge < -0.3 is 4.90 Å². The third kappa shape index (κ3) is 3.14. The molecule has 0 aliphatic carbocycles. The van der Waals surface area contributed by atoms with Crippen molar-refractivity contribution in [2.45, 2.75) is 6.54 Å². The molecular weight excluding hydrogens is 210 g/mol. The lowest BCUT2D eigenvalue weighted by Crippen LogP contribution is -2.22. The SMILES string of the molecule is C=CCN(Cc1cncnc1)c1ccccc1. The van der Waals surface area contributed by atoms with E-state index in [9.17, 15) is 0 Å². The molecule has 0 atom stereocenters. The zero-order valence-electron chi connectivity index (χ0n) is 9.66. The van der Waals surface area contributed by atoms with Crippen molar-refractivity contribution in [3.63, 3.8) is 0 Å². The Hall–Kier alpha value is -2.16. The fourth-order valence-electron chi connectivity index (χ4n) is 1.69. The Kier molecular flexibility index (Phi) is 3.86. The molecule has 3 heteroatoms. The van der Waals surface area contributed by atoms with Crippen molar-refractivity contribution in [1.82, 2.24) is 9.97 Å². The van der Waals surface area contributed by atoms with Crippen LogP contribution in [0.3, 0.4) is 0 Å². The summed E-state index contributed by atoms with van der Waals surface area (Å²) in [6.07, 6.45) is 7.12. The molecule has 0 saturated carbocycles. The predicted molar refractivity (Wildman–Crippen MR) is 69.7 cm³/mol. The van der Waals surface area contributed by atoms with E-state index in [1.807, 2.05) is 36.7 Å². The van der Waals surface area contributed by atoms with Gasteiger partial charge >= 0.3 is 0 Å². The van der Waals surface area contributed by atoms with E-state index in [0.29, 0.717) is 0 Å². The molecule has 0 N–H and O–H groups in total. The van der Waals surface area contributed by atoms with E-state index in [2.05, 4.69) is 33.6 Å². The van der Waals surface area contributed by atoms with Gasteiger partial charge in [-0.25, -0.2) is 9.97 Å². The third-order valence-corrected chi connectivity index (χ3v) is 2.46. The molecule has 2 rings (SSSR count). The van der Waals surface area contributed by atoms with E-state index < -0.39 is 0 Å². The fourth-order valence-corrected chi connectivity index (χ4v) is 1.69. The molecular formula is C14H15N3. The van der Waals surface area contributed by atoms with E-state index in [1.54, 1.807) is 6.33 Å². The fraction of sp³-hybridized carbons (Fsp3) is 0.143. The first-order valence-electron chi connectivity index (χ1n) is 5.55. The second kappa shape index (κ2) is 5.80. The van der Waals surface area contributed by atoms with E-state index in [4.69, 9.17) is 0 Å². The van der Waals surface area contributed by atoms with Gasteiger partial charge in [0.15, 0.2) is 0 Å². The number of nitrogens with zero attached hydrogens (tertiary/aromatic N) is 3. The Labute approximate surface area is 101 Å². The van der Waals surface area contributed by atoms with Crippen molar-refractivity contribution in [3.05, 3.63) is 67.3 Å². The molecule has 1 heterocycles. The topological polar surface area (TPSA) is 29.0 Å². The quantitative estimate of drug-likeness (QED) is 0.732. The largest absolute Gasteiger partial charge is 0.363 e. The normalized spacial score (nSPS) is 9.88. The summed E-state index contributed by atoms with van der Waals surface area (Å²) in [5, 5.41) is 0. The van der Waals surface area contributed by atoms with Crippen molar-refractivity contribution in [3.8, 4) is 0 Å². The van der Waals surface area contributed by atoms with Crippen molar-refractivity contribution >= 4 is 5.69 Å². The Balaban J connectivity index is 2.16. The predicted octanol–water partition coefficient (Wildman–Crippen LogP) is 2.67. The van der Waals surface area contributed by atoms with Crippen LogP contribution in [-0.2, 0) is 6.54 Å². The second-order valence-electron chi connectivity index (χ2n) is 3.75. The molecule has 3 nitrogen and oxygen atoms in total. The molecule has 0 unspecified atom stereocenters. The number of hydrogen-bond donors (Lipinski definition) is 0. The molecule has 0 fully saturated rings. The molecule has 0 spiro atoms. The molecule has 0 bridgehead atoms. The first-order valence-corrected chi connectivity index (χ1v) is 5.55. The highest BCUT2D eigenvalue weighted by molar-refractivity contribution is 5.46. The van der Waals surface area contributed by atoms with Gasteiger partial charge in [0, 0.05) is 36.7 Å². The molecule has 0 aliphatic heterocycles. The number of rotatable bonds is 5. The van der Waals surface area contributed by atoms with Gasteiger partial charge in [0.2, 0.25) is 0 Å². The van der Waals surface area contributed by atoms with Crippen LogP contribution in [-0.4, -0.2) is 16.5 Å². The lowest BCUT2D eigenvalue weighted by molar-refractivity contribution is 0.855. The maximum absolute atomic E-state index is 4.03. The Bertz CT molecular complexity index is 453. The third-order valence-electron chi connectivity index (χ3n) is 2.46. The van der Waals surface area contributed by atoms with Crippen molar-refractivity contribution < 1.29 is 0 Å². The summed E-state index contributed by atoms with van der Waals surface area (Å²) in [6.45, 7) is 5.39. The smallest absolute Gasteiger partial charge is 0.115 e. The molecule has 0 amide bonds. The van der Waals surface area contributed by atoms with Crippen molar-refractivity contribution in [1.29, 1.82) is 0 Å². The highest BCUT2D eigenvalue weighted by atomic mass is 15.1. The van der Waals surface area contributed by atoms with E-state index >= 15 is 0 Å². The zero-order chi connectivity index (χ0) is 11.9. The number of aromatic nitrogens is 2. The monoisotopic (exact) mass is 225 g/mol. The molecule has 2 aromatic rings. The van der Waals surface area contributed by atoms with Crippen LogP contribution in [0.5, 0.6) is 0 Å². The summed E-state index contributed by atoms with van der Waals surface area (Å²) in [4.78, 5) is 10.3. The van der Waals surface area contributed by atoms with Gasteiger partial charge in [0.25, 0.3) is 0 Å². The summed E-state index contributed by atoms with van der Waals surface area (Å²) in [5.41, 5.74) is 2.27. The first-order chi connectivity index (χ1) is 8.40. The molecule has 1 aromatic heterocycles. The van der Waals surface area contributed by atoms with Gasteiger partial charge in [-0.2, -0.15) is 0 Å². The van der Waals surface area contributed by atoms with E-state index in [1.165, 1.54) is 5.69 Å². The van der Waals surface area contributed by atoms with Crippen LogP contribution < -0.4 is 4.90 Å². The summed E-state index contributed by atoms with van der Waals surface area (Å²) < 4.78 is 0. The molecule has 0 saturated heterocycles. The van der Waals surface area contributed by atoms with Crippen molar-refractivity contribution in [2.75, 3.05) is 11.4 Å². The highest BCUT2D eigenvalue weighted by Crippen LogP contribution is 2.15. The van der Waals surface area contributed by atoms with Crippen LogP contribution in [0.1, 0.15) is 5.56 Å².